The molecule has 0 aliphatic heterocycles. The van der Waals surface area contributed by atoms with E-state index in [2.05, 4.69) is 126 Å². The Kier molecular flexibility index (Phi) is 10.1. The second-order valence-corrected chi connectivity index (χ2v) is 41.2. The van der Waals surface area contributed by atoms with Gasteiger partial charge in [-0.15, -0.1) is 0 Å². The summed E-state index contributed by atoms with van der Waals surface area (Å²) in [6.07, 6.45) is 2.25. The molecule has 0 heterocycles. The highest BCUT2D eigenvalue weighted by atomic mass is 28.4. The number of hydrogen-bond donors (Lipinski definition) is 0. The second kappa shape index (κ2) is 12.2. The van der Waals surface area contributed by atoms with Crippen molar-refractivity contribution >= 4 is 71.6 Å². The summed E-state index contributed by atoms with van der Waals surface area (Å²) in [6, 6.07) is 2.11. The largest absolute Gasteiger partial charge is 0.404 e. The minimum absolute atomic E-state index is 0.201. The molecule has 0 saturated heterocycles. The predicted octanol–water partition coefficient (Wildman–Crippen LogP) is 7.77. The summed E-state index contributed by atoms with van der Waals surface area (Å²) in [6.45, 7) is 43.9. The van der Waals surface area contributed by atoms with E-state index in [-0.39, 0.29) is 29.3 Å². The molecule has 7 saturated carbocycles. The Morgan fingerprint density at radius 1 is 0.510 bits per heavy atom. The summed E-state index contributed by atoms with van der Waals surface area (Å²) in [4.78, 5) is 0. The van der Waals surface area contributed by atoms with Crippen molar-refractivity contribution in [2.75, 3.05) is 0 Å². The highest BCUT2D eigenvalue weighted by Crippen LogP contribution is 3.16. The van der Waals surface area contributed by atoms with Crippen molar-refractivity contribution in [2.24, 2.45) is 23.7 Å². The fourth-order valence-corrected chi connectivity index (χ4v) is 24.1. The van der Waals surface area contributed by atoms with Gasteiger partial charge in [0, 0.05) is 0 Å². The standard InChI is InChI=1S/C35H69O8Si8/c1-20-22-50(16,17)42-34-30(38-46-7)28(36-44-5)29(37-45-6)31(30,39-47(8)9)35(34,41-49(13,14)15)32(29,40-48(10,11)12)33(28,34)43-51(18,19)23-21-27-25(3)24(2)26(27)4/h24-27H,20-23H2,1-19H3. The van der Waals surface area contributed by atoms with Gasteiger partial charge in [-0.2, -0.15) is 0 Å². The van der Waals surface area contributed by atoms with E-state index in [0.29, 0.717) is 0 Å². The maximum Gasteiger partial charge on any atom is 0.227 e. The van der Waals surface area contributed by atoms with Crippen LogP contribution in [0.25, 0.3) is 0 Å². The van der Waals surface area contributed by atoms with Crippen LogP contribution in [0.1, 0.15) is 40.5 Å². The van der Waals surface area contributed by atoms with Crippen molar-refractivity contribution in [3.05, 3.63) is 0 Å². The van der Waals surface area contributed by atoms with E-state index in [9.17, 15) is 0 Å². The van der Waals surface area contributed by atoms with Gasteiger partial charge in [-0.05, 0) is 134 Å². The SMILES string of the molecule is CCC[Si](C)(C)OC12C3(O[Si]C)C4(O[Si]C)C5(O[Si]C)C3(O[Si](C)C)C1(O[Si](C)(C)C)C5(O[Si](C)(C)C)C42O[Si](C)(C)CCC1C(C)C(C)C1C. The van der Waals surface area contributed by atoms with Crippen molar-refractivity contribution in [3.63, 3.8) is 0 Å². The lowest BCUT2D eigenvalue weighted by Gasteiger charge is -3.24. The van der Waals surface area contributed by atoms with E-state index in [4.69, 9.17) is 35.4 Å². The van der Waals surface area contributed by atoms with Crippen LogP contribution < -0.4 is 0 Å². The van der Waals surface area contributed by atoms with E-state index in [1.165, 1.54) is 6.42 Å². The van der Waals surface area contributed by atoms with Crippen molar-refractivity contribution < 1.29 is 35.4 Å². The third-order valence-corrected chi connectivity index (χ3v) is 22.8. The van der Waals surface area contributed by atoms with Crippen molar-refractivity contribution in [1.82, 2.24) is 0 Å². The smallest absolute Gasteiger partial charge is 0.227 e. The molecule has 289 valence electrons. The summed E-state index contributed by atoms with van der Waals surface area (Å²) < 4.78 is 61.5. The lowest BCUT2D eigenvalue weighted by atomic mass is 8.87. The first-order chi connectivity index (χ1) is 23.3. The molecule has 0 N–H and O–H groups in total. The maximum absolute atomic E-state index is 8.17. The van der Waals surface area contributed by atoms with Crippen LogP contribution in [0.4, 0.5) is 0 Å². The Morgan fingerprint density at radius 2 is 0.863 bits per heavy atom. The highest BCUT2D eigenvalue weighted by Gasteiger charge is 3.46. The predicted molar refractivity (Wildman–Crippen MR) is 220 cm³/mol. The summed E-state index contributed by atoms with van der Waals surface area (Å²) in [5.41, 5.74) is -7.45. The van der Waals surface area contributed by atoms with Crippen molar-refractivity contribution in [3.8, 4) is 0 Å². The van der Waals surface area contributed by atoms with Crippen molar-refractivity contribution in [1.29, 1.82) is 0 Å². The average molecular weight is 843 g/mol. The van der Waals surface area contributed by atoms with Gasteiger partial charge in [-0.3, -0.25) is 0 Å². The highest BCUT2D eigenvalue weighted by molar-refractivity contribution is 6.73. The molecule has 7 fully saturated rings. The van der Waals surface area contributed by atoms with Gasteiger partial charge >= 0.3 is 0 Å². The van der Waals surface area contributed by atoms with Gasteiger partial charge in [0.1, 0.15) is 0 Å². The second-order valence-electron chi connectivity index (χ2n) is 20.1. The summed E-state index contributed by atoms with van der Waals surface area (Å²) in [5, 5.41) is 0. The Balaban J connectivity index is 1.65. The van der Waals surface area contributed by atoms with Gasteiger partial charge in [0.05, 0.1) is 0 Å². The molecule has 7 rings (SSSR count). The maximum atomic E-state index is 8.17. The number of rotatable bonds is 21. The van der Waals surface area contributed by atoms with Crippen LogP contribution in [-0.2, 0) is 35.4 Å². The molecular weight excluding hydrogens is 773 g/mol. The fraction of sp³-hybridized carbons (Fsp3) is 1.00. The van der Waals surface area contributed by atoms with Gasteiger partial charge in [0.25, 0.3) is 0 Å². The van der Waals surface area contributed by atoms with Crippen LogP contribution >= 0.6 is 0 Å². The minimum Gasteiger partial charge on any atom is -0.404 e. The molecule has 7 aliphatic carbocycles. The van der Waals surface area contributed by atoms with Gasteiger partial charge < -0.3 is 35.4 Å². The molecular formula is C35H69O8Si8. The molecule has 7 aliphatic rings. The molecule has 51 heavy (non-hydrogen) atoms. The Hall–Kier alpha value is 1.42. The summed E-state index contributed by atoms with van der Waals surface area (Å²) >= 11 is 0. The molecule has 0 spiro atoms. The van der Waals surface area contributed by atoms with E-state index in [1.807, 2.05) is 0 Å². The molecule has 7 radical (unpaired) electrons. The van der Waals surface area contributed by atoms with Gasteiger partial charge in [-0.25, -0.2) is 0 Å². The summed E-state index contributed by atoms with van der Waals surface area (Å²) in [5.74, 6) is 3.00. The van der Waals surface area contributed by atoms with Crippen LogP contribution in [0.2, 0.25) is 110 Å². The monoisotopic (exact) mass is 841 g/mol. The zero-order chi connectivity index (χ0) is 38.5. The first-order valence-corrected chi connectivity index (χ1v) is 39.3. The van der Waals surface area contributed by atoms with Crippen molar-refractivity contribution in [2.45, 2.75) is 196 Å². The third kappa shape index (κ3) is 4.03. The van der Waals surface area contributed by atoms with Crippen LogP contribution in [-0.4, -0.2) is 116 Å². The lowest BCUT2D eigenvalue weighted by Crippen LogP contribution is -3.53. The topological polar surface area (TPSA) is 73.8 Å². The van der Waals surface area contributed by atoms with Crippen LogP contribution in [0.5, 0.6) is 0 Å². The molecule has 0 bridgehead atoms. The number of hydrogen-bond acceptors (Lipinski definition) is 8. The minimum atomic E-state index is -2.42. The molecule has 0 aromatic rings. The molecule has 0 aromatic heterocycles. The first-order valence-electron chi connectivity index (χ1n) is 19.7. The van der Waals surface area contributed by atoms with Gasteiger partial charge in [0.15, 0.2) is 78.1 Å². The zero-order valence-corrected chi connectivity index (χ0v) is 43.4. The van der Waals surface area contributed by atoms with Gasteiger partial charge in [0.2, 0.25) is 38.3 Å². The van der Waals surface area contributed by atoms with E-state index in [1.54, 1.807) is 0 Å². The Bertz CT molecular complexity index is 1380. The molecule has 8 nitrogen and oxygen atoms in total. The van der Waals surface area contributed by atoms with Crippen LogP contribution in [0.3, 0.4) is 0 Å². The molecule has 10 atom stereocenters. The first kappa shape index (κ1) is 42.0. The Labute approximate surface area is 324 Å². The van der Waals surface area contributed by atoms with E-state index >= 15 is 0 Å². The lowest BCUT2D eigenvalue weighted by molar-refractivity contribution is -0.836. The third-order valence-electron chi connectivity index (χ3n) is 13.8. The molecule has 16 heteroatoms. The fourth-order valence-electron chi connectivity index (χ4n) is 13.1. The van der Waals surface area contributed by atoms with Crippen LogP contribution in [0.15, 0.2) is 0 Å². The zero-order valence-electron chi connectivity index (χ0n) is 35.4. The van der Waals surface area contributed by atoms with E-state index < -0.39 is 87.1 Å². The van der Waals surface area contributed by atoms with E-state index in [0.717, 1.165) is 42.2 Å². The molecule has 0 amide bonds. The molecule has 0 aromatic carbocycles. The molecule has 10 unspecified atom stereocenters. The Morgan fingerprint density at radius 3 is 1.22 bits per heavy atom. The van der Waals surface area contributed by atoms with Crippen LogP contribution in [0, 0.1) is 23.7 Å². The summed E-state index contributed by atoms with van der Waals surface area (Å²) in [7, 11) is -10.1. The average Bonchev–Trinajstić information content (AvgIpc) is 2.97. The normalized spacial score (nSPS) is 47.5. The quantitative estimate of drug-likeness (QED) is 0.109. The van der Waals surface area contributed by atoms with Gasteiger partial charge in [-0.1, -0.05) is 40.5 Å².